The third-order valence-electron chi connectivity index (χ3n) is 3.87. The summed E-state index contributed by atoms with van der Waals surface area (Å²) in [6.45, 7) is 8.34. The molecule has 24 heavy (non-hydrogen) atoms. The molecule has 0 fully saturated rings. The summed E-state index contributed by atoms with van der Waals surface area (Å²) in [6.07, 6.45) is 4.14. The first kappa shape index (κ1) is 17.7. The van der Waals surface area contributed by atoms with Crippen molar-refractivity contribution >= 4 is 6.08 Å². The van der Waals surface area contributed by atoms with Gasteiger partial charge >= 0.3 is 0 Å². The normalized spacial score (nSPS) is 10.3. The monoisotopic (exact) mass is 314 g/mol. The highest BCUT2D eigenvalue weighted by Crippen LogP contribution is 2.19. The SMILES string of the molecule is C/C=C/c1ccc(C)cc1.Cc1ccc(-c2ccc(C)cc2)cc1. The standard InChI is InChI=1S/C14H14.C10H12/c1-11-3-7-13(8-4-11)14-9-5-12(2)6-10-14;1-3-4-10-7-5-9(2)6-8-10/h3-10H,1-2H3;3-8H,1-2H3/b;4-3+. The predicted octanol–water partition coefficient (Wildman–Crippen LogP) is 7.00. The smallest absolute Gasteiger partial charge is 0.0184 e. The molecule has 0 spiro atoms. The maximum absolute atomic E-state index is 2.17. The van der Waals surface area contributed by atoms with E-state index in [9.17, 15) is 0 Å². The molecule has 0 nitrogen and oxygen atoms in total. The van der Waals surface area contributed by atoms with Crippen LogP contribution in [-0.2, 0) is 0 Å². The van der Waals surface area contributed by atoms with Gasteiger partial charge in [0.15, 0.2) is 0 Å². The minimum absolute atomic E-state index is 1.27. The molecule has 0 aliphatic rings. The molecule has 0 N–H and O–H groups in total. The van der Waals surface area contributed by atoms with Crippen LogP contribution in [0.15, 0.2) is 78.9 Å². The van der Waals surface area contributed by atoms with Crippen molar-refractivity contribution in [1.82, 2.24) is 0 Å². The predicted molar refractivity (Wildman–Crippen MR) is 107 cm³/mol. The van der Waals surface area contributed by atoms with Crippen LogP contribution in [-0.4, -0.2) is 0 Å². The summed E-state index contributed by atoms with van der Waals surface area (Å²) in [6, 6.07) is 25.7. The zero-order valence-electron chi connectivity index (χ0n) is 15.1. The highest BCUT2D eigenvalue weighted by atomic mass is 14.0. The first-order chi connectivity index (χ1) is 11.6. The van der Waals surface area contributed by atoms with Crippen LogP contribution >= 0.6 is 0 Å². The van der Waals surface area contributed by atoms with Gasteiger partial charge in [-0.2, -0.15) is 0 Å². The third kappa shape index (κ3) is 5.55. The summed E-state index contributed by atoms with van der Waals surface area (Å²) in [5, 5.41) is 0. The van der Waals surface area contributed by atoms with Crippen LogP contribution in [0.25, 0.3) is 17.2 Å². The van der Waals surface area contributed by atoms with Crippen LogP contribution in [0.2, 0.25) is 0 Å². The molecule has 0 saturated carbocycles. The number of hydrogen-bond donors (Lipinski definition) is 0. The van der Waals surface area contributed by atoms with Crippen molar-refractivity contribution in [3.8, 4) is 11.1 Å². The number of benzene rings is 3. The molecule has 0 bridgehead atoms. The van der Waals surface area contributed by atoms with E-state index in [1.807, 2.05) is 13.0 Å². The minimum atomic E-state index is 1.27. The molecule has 0 atom stereocenters. The molecule has 0 heterocycles. The van der Waals surface area contributed by atoms with Crippen molar-refractivity contribution in [2.24, 2.45) is 0 Å². The van der Waals surface area contributed by atoms with Crippen molar-refractivity contribution in [2.45, 2.75) is 27.7 Å². The summed E-state index contributed by atoms with van der Waals surface area (Å²) < 4.78 is 0. The average molecular weight is 314 g/mol. The van der Waals surface area contributed by atoms with Crippen LogP contribution in [0.1, 0.15) is 29.2 Å². The molecule has 0 aliphatic carbocycles. The molecular formula is C24H26. The second-order valence-corrected chi connectivity index (χ2v) is 6.14. The van der Waals surface area contributed by atoms with Gasteiger partial charge in [0, 0.05) is 0 Å². The number of allylic oxidation sites excluding steroid dienone is 1. The summed E-state index contributed by atoms with van der Waals surface area (Å²) in [7, 11) is 0. The number of aryl methyl sites for hydroxylation is 3. The fourth-order valence-electron chi connectivity index (χ4n) is 2.36. The lowest BCUT2D eigenvalue weighted by Gasteiger charge is -2.02. The van der Waals surface area contributed by atoms with Gasteiger partial charge < -0.3 is 0 Å². The Labute approximate surface area is 146 Å². The maximum atomic E-state index is 2.17. The number of hydrogen-bond acceptors (Lipinski definition) is 0. The Balaban J connectivity index is 0.000000185. The van der Waals surface area contributed by atoms with Crippen LogP contribution in [0.5, 0.6) is 0 Å². The lowest BCUT2D eigenvalue weighted by Crippen LogP contribution is -1.78. The lowest BCUT2D eigenvalue weighted by molar-refractivity contribution is 1.45. The highest BCUT2D eigenvalue weighted by molar-refractivity contribution is 5.63. The highest BCUT2D eigenvalue weighted by Gasteiger charge is 1.95. The minimum Gasteiger partial charge on any atom is -0.0871 e. The molecule has 0 amide bonds. The van der Waals surface area contributed by atoms with Gasteiger partial charge in [-0.1, -0.05) is 102 Å². The summed E-state index contributed by atoms with van der Waals surface area (Å²) in [5.74, 6) is 0. The van der Waals surface area contributed by atoms with Gasteiger partial charge in [0.25, 0.3) is 0 Å². The van der Waals surface area contributed by atoms with Crippen molar-refractivity contribution in [3.05, 3.63) is 101 Å². The van der Waals surface area contributed by atoms with Gasteiger partial charge in [0.05, 0.1) is 0 Å². The molecule has 3 aromatic carbocycles. The van der Waals surface area contributed by atoms with Gasteiger partial charge in [-0.25, -0.2) is 0 Å². The van der Waals surface area contributed by atoms with Gasteiger partial charge in [-0.15, -0.1) is 0 Å². The van der Waals surface area contributed by atoms with Crippen molar-refractivity contribution in [3.63, 3.8) is 0 Å². The maximum Gasteiger partial charge on any atom is -0.0184 e. The Morgan fingerprint density at radius 2 is 0.833 bits per heavy atom. The molecule has 3 aromatic rings. The zero-order chi connectivity index (χ0) is 17.4. The van der Waals surface area contributed by atoms with Crippen LogP contribution < -0.4 is 0 Å². The largest absolute Gasteiger partial charge is 0.0871 e. The molecule has 0 aliphatic heterocycles. The second kappa shape index (κ2) is 8.88. The Hall–Kier alpha value is -2.60. The average Bonchev–Trinajstić information content (AvgIpc) is 2.59. The Morgan fingerprint density at radius 1 is 0.500 bits per heavy atom. The second-order valence-electron chi connectivity index (χ2n) is 6.14. The van der Waals surface area contributed by atoms with E-state index < -0.39 is 0 Å². The van der Waals surface area contributed by atoms with Gasteiger partial charge in [0.2, 0.25) is 0 Å². The van der Waals surface area contributed by atoms with Crippen molar-refractivity contribution in [2.75, 3.05) is 0 Å². The molecular weight excluding hydrogens is 288 g/mol. The van der Waals surface area contributed by atoms with Crippen molar-refractivity contribution in [1.29, 1.82) is 0 Å². The Kier molecular flexibility index (Phi) is 6.57. The first-order valence-electron chi connectivity index (χ1n) is 8.41. The van der Waals surface area contributed by atoms with Gasteiger partial charge in [-0.3, -0.25) is 0 Å². The van der Waals surface area contributed by atoms with E-state index in [-0.39, 0.29) is 0 Å². The molecule has 3 rings (SSSR count). The van der Waals surface area contributed by atoms with Crippen molar-refractivity contribution < 1.29 is 0 Å². The van der Waals surface area contributed by atoms with E-state index in [1.54, 1.807) is 0 Å². The summed E-state index contributed by atoms with van der Waals surface area (Å²) in [4.78, 5) is 0. The summed E-state index contributed by atoms with van der Waals surface area (Å²) in [5.41, 5.74) is 7.77. The Morgan fingerprint density at radius 3 is 1.17 bits per heavy atom. The van der Waals surface area contributed by atoms with Crippen LogP contribution in [0, 0.1) is 20.8 Å². The fourth-order valence-corrected chi connectivity index (χ4v) is 2.36. The van der Waals surface area contributed by atoms with E-state index in [4.69, 9.17) is 0 Å². The molecule has 0 heteroatoms. The van der Waals surface area contributed by atoms with E-state index in [2.05, 4.69) is 99.6 Å². The van der Waals surface area contributed by atoms with Gasteiger partial charge in [-0.05, 0) is 44.4 Å². The van der Waals surface area contributed by atoms with E-state index in [0.29, 0.717) is 0 Å². The van der Waals surface area contributed by atoms with E-state index in [1.165, 1.54) is 33.4 Å². The first-order valence-corrected chi connectivity index (χ1v) is 8.41. The Bertz CT molecular complexity index is 714. The van der Waals surface area contributed by atoms with Crippen LogP contribution in [0.3, 0.4) is 0 Å². The lowest BCUT2D eigenvalue weighted by atomic mass is 10.0. The molecule has 122 valence electrons. The topological polar surface area (TPSA) is 0 Å². The quantitative estimate of drug-likeness (QED) is 0.477. The third-order valence-corrected chi connectivity index (χ3v) is 3.87. The molecule has 0 aromatic heterocycles. The number of rotatable bonds is 2. The van der Waals surface area contributed by atoms with E-state index >= 15 is 0 Å². The zero-order valence-corrected chi connectivity index (χ0v) is 15.1. The summed E-state index contributed by atoms with van der Waals surface area (Å²) >= 11 is 0. The van der Waals surface area contributed by atoms with Crippen LogP contribution in [0.4, 0.5) is 0 Å². The fraction of sp³-hybridized carbons (Fsp3) is 0.167. The molecule has 0 radical (unpaired) electrons. The van der Waals surface area contributed by atoms with Gasteiger partial charge in [0.1, 0.15) is 0 Å². The van der Waals surface area contributed by atoms with E-state index in [0.717, 1.165) is 0 Å². The molecule has 0 unspecified atom stereocenters. The molecule has 0 saturated heterocycles.